The molecule has 0 amide bonds. The smallest absolute Gasteiger partial charge is 0.290 e. The van der Waals surface area contributed by atoms with E-state index in [0.717, 1.165) is 5.56 Å². The van der Waals surface area contributed by atoms with Gasteiger partial charge in [-0.1, -0.05) is 6.07 Å². The molecule has 0 radical (unpaired) electrons. The number of rotatable bonds is 3. The van der Waals surface area contributed by atoms with Crippen LogP contribution in [0.4, 0.5) is 8.78 Å². The fraction of sp³-hybridized carbons (Fsp3) is 0.444. The van der Waals surface area contributed by atoms with Crippen LogP contribution in [0.3, 0.4) is 0 Å². The first-order valence-corrected chi connectivity index (χ1v) is 4.07. The van der Waals surface area contributed by atoms with Crippen LogP contribution in [0.2, 0.25) is 0 Å². The summed E-state index contributed by atoms with van der Waals surface area (Å²) in [6, 6.07) is 2.96. The number of hydrogen-bond acceptors (Lipinski definition) is 2. The molecule has 13 heavy (non-hydrogen) atoms. The maximum atomic E-state index is 13.1. The fourth-order valence-electron chi connectivity index (χ4n) is 0.994. The highest BCUT2D eigenvalue weighted by Crippen LogP contribution is 2.29. The van der Waals surface area contributed by atoms with Crippen LogP contribution in [0, 0.1) is 6.92 Å². The number of aromatic nitrogens is 1. The van der Waals surface area contributed by atoms with Crippen LogP contribution in [-0.2, 0) is 5.92 Å². The van der Waals surface area contributed by atoms with E-state index in [9.17, 15) is 8.78 Å². The molecular formula is C9H12F2N2. The van der Waals surface area contributed by atoms with Gasteiger partial charge in [0.25, 0.3) is 5.92 Å². The van der Waals surface area contributed by atoms with Crippen LogP contribution in [0.1, 0.15) is 17.7 Å². The molecule has 1 rings (SSSR count). The maximum Gasteiger partial charge on any atom is 0.290 e. The van der Waals surface area contributed by atoms with Crippen molar-refractivity contribution in [3.63, 3.8) is 0 Å². The molecule has 1 heterocycles. The summed E-state index contributed by atoms with van der Waals surface area (Å²) < 4.78 is 26.3. The average Bonchev–Trinajstić information content (AvgIpc) is 2.05. The third kappa shape index (κ3) is 2.45. The van der Waals surface area contributed by atoms with Crippen molar-refractivity contribution in [1.29, 1.82) is 0 Å². The van der Waals surface area contributed by atoms with Crippen LogP contribution in [0.5, 0.6) is 0 Å². The zero-order valence-corrected chi connectivity index (χ0v) is 7.43. The van der Waals surface area contributed by atoms with Gasteiger partial charge in [0.2, 0.25) is 0 Å². The van der Waals surface area contributed by atoms with Gasteiger partial charge >= 0.3 is 0 Å². The van der Waals surface area contributed by atoms with E-state index in [2.05, 4.69) is 4.98 Å². The van der Waals surface area contributed by atoms with E-state index in [1.807, 2.05) is 0 Å². The summed E-state index contributed by atoms with van der Waals surface area (Å²) in [6.07, 6.45) is 1.07. The van der Waals surface area contributed by atoms with Crippen LogP contribution in [-0.4, -0.2) is 11.5 Å². The summed E-state index contributed by atoms with van der Waals surface area (Å²) in [5, 5.41) is 0. The van der Waals surface area contributed by atoms with Crippen molar-refractivity contribution in [3.05, 3.63) is 29.6 Å². The summed E-state index contributed by atoms with van der Waals surface area (Å²) in [4.78, 5) is 3.66. The lowest BCUT2D eigenvalue weighted by Gasteiger charge is -2.14. The summed E-state index contributed by atoms with van der Waals surface area (Å²) >= 11 is 0. The highest BCUT2D eigenvalue weighted by atomic mass is 19.3. The van der Waals surface area contributed by atoms with Gasteiger partial charge in [-0.25, -0.2) is 0 Å². The molecule has 0 unspecified atom stereocenters. The molecule has 4 heteroatoms. The van der Waals surface area contributed by atoms with Gasteiger partial charge in [0.05, 0.1) is 0 Å². The van der Waals surface area contributed by atoms with E-state index in [-0.39, 0.29) is 18.7 Å². The predicted octanol–water partition coefficient (Wildman–Crippen LogP) is 1.83. The Morgan fingerprint density at radius 1 is 1.46 bits per heavy atom. The monoisotopic (exact) mass is 186 g/mol. The Bertz CT molecular complexity index is 269. The highest BCUT2D eigenvalue weighted by Gasteiger charge is 2.31. The third-order valence-electron chi connectivity index (χ3n) is 1.74. The predicted molar refractivity (Wildman–Crippen MR) is 46.5 cm³/mol. The van der Waals surface area contributed by atoms with Crippen molar-refractivity contribution < 1.29 is 8.78 Å². The second kappa shape index (κ2) is 3.79. The maximum absolute atomic E-state index is 13.1. The number of nitrogens with two attached hydrogens (primary N) is 1. The van der Waals surface area contributed by atoms with E-state index in [4.69, 9.17) is 5.73 Å². The van der Waals surface area contributed by atoms with Gasteiger partial charge in [-0.2, -0.15) is 8.78 Å². The molecule has 0 bridgehead atoms. The molecule has 0 saturated carbocycles. The minimum Gasteiger partial charge on any atom is -0.330 e. The van der Waals surface area contributed by atoms with Crippen molar-refractivity contribution in [2.45, 2.75) is 19.3 Å². The molecule has 0 fully saturated rings. The Labute approximate surface area is 75.8 Å². The quantitative estimate of drug-likeness (QED) is 0.782. The highest BCUT2D eigenvalue weighted by molar-refractivity contribution is 5.15. The third-order valence-corrected chi connectivity index (χ3v) is 1.74. The topological polar surface area (TPSA) is 38.9 Å². The van der Waals surface area contributed by atoms with Gasteiger partial charge in [0.15, 0.2) is 0 Å². The first-order chi connectivity index (χ1) is 6.06. The van der Waals surface area contributed by atoms with Crippen molar-refractivity contribution >= 4 is 0 Å². The Kier molecular flexibility index (Phi) is 2.93. The molecule has 1 aromatic rings. The molecule has 1 aromatic heterocycles. The van der Waals surface area contributed by atoms with Gasteiger partial charge in [0, 0.05) is 12.6 Å². The van der Waals surface area contributed by atoms with E-state index in [1.54, 1.807) is 13.0 Å². The lowest BCUT2D eigenvalue weighted by atomic mass is 10.1. The fourth-order valence-corrected chi connectivity index (χ4v) is 0.994. The van der Waals surface area contributed by atoms with Gasteiger partial charge in [-0.15, -0.1) is 0 Å². The molecule has 0 aliphatic heterocycles. The summed E-state index contributed by atoms with van der Waals surface area (Å²) in [7, 11) is 0. The molecular weight excluding hydrogens is 174 g/mol. The molecule has 0 spiro atoms. The van der Waals surface area contributed by atoms with E-state index >= 15 is 0 Å². The van der Waals surface area contributed by atoms with Crippen LogP contribution in [0.15, 0.2) is 18.3 Å². The van der Waals surface area contributed by atoms with Crippen LogP contribution >= 0.6 is 0 Å². The van der Waals surface area contributed by atoms with Crippen molar-refractivity contribution in [1.82, 2.24) is 4.98 Å². The minimum atomic E-state index is -2.90. The Morgan fingerprint density at radius 2 is 2.15 bits per heavy atom. The molecule has 0 aliphatic carbocycles. The standard InChI is InChI=1S/C9H12F2N2/c1-7-2-3-8(13-6-7)9(10,11)4-5-12/h2-3,6H,4-5,12H2,1H3. The molecule has 0 aromatic carbocycles. The van der Waals surface area contributed by atoms with E-state index in [1.165, 1.54) is 12.3 Å². The van der Waals surface area contributed by atoms with Crippen molar-refractivity contribution in [2.75, 3.05) is 6.54 Å². The Morgan fingerprint density at radius 3 is 2.62 bits per heavy atom. The Hall–Kier alpha value is -1.03. The SMILES string of the molecule is Cc1ccc(C(F)(F)CCN)nc1. The summed E-state index contributed by atoms with van der Waals surface area (Å²) in [5.74, 6) is -2.90. The van der Waals surface area contributed by atoms with Crippen LogP contribution in [0.25, 0.3) is 0 Å². The van der Waals surface area contributed by atoms with Crippen molar-refractivity contribution in [3.8, 4) is 0 Å². The van der Waals surface area contributed by atoms with Gasteiger partial charge in [-0.3, -0.25) is 4.98 Å². The lowest BCUT2D eigenvalue weighted by molar-refractivity contribution is -0.0151. The first kappa shape index (κ1) is 10.1. The second-order valence-electron chi connectivity index (χ2n) is 2.96. The number of nitrogens with zero attached hydrogens (tertiary/aromatic N) is 1. The van der Waals surface area contributed by atoms with Gasteiger partial charge < -0.3 is 5.73 Å². The number of halogens is 2. The molecule has 0 saturated heterocycles. The summed E-state index contributed by atoms with van der Waals surface area (Å²) in [5.41, 5.74) is 5.74. The number of hydrogen-bond donors (Lipinski definition) is 1. The lowest BCUT2D eigenvalue weighted by Crippen LogP contribution is -2.19. The molecule has 72 valence electrons. The molecule has 0 atom stereocenters. The first-order valence-electron chi connectivity index (χ1n) is 4.07. The molecule has 2 N–H and O–H groups in total. The molecule has 0 aliphatic rings. The van der Waals surface area contributed by atoms with Gasteiger partial charge in [-0.05, 0) is 25.1 Å². The number of alkyl halides is 2. The van der Waals surface area contributed by atoms with Crippen LogP contribution < -0.4 is 5.73 Å². The molecule has 2 nitrogen and oxygen atoms in total. The average molecular weight is 186 g/mol. The van der Waals surface area contributed by atoms with Crippen molar-refractivity contribution in [2.24, 2.45) is 5.73 Å². The zero-order valence-electron chi connectivity index (χ0n) is 7.43. The second-order valence-corrected chi connectivity index (χ2v) is 2.96. The zero-order chi connectivity index (χ0) is 9.90. The van der Waals surface area contributed by atoms with E-state index < -0.39 is 5.92 Å². The van der Waals surface area contributed by atoms with E-state index in [0.29, 0.717) is 0 Å². The largest absolute Gasteiger partial charge is 0.330 e. The van der Waals surface area contributed by atoms with Gasteiger partial charge in [0.1, 0.15) is 5.69 Å². The number of aryl methyl sites for hydroxylation is 1. The normalized spacial score (nSPS) is 11.7. The number of pyridine rings is 1. The minimum absolute atomic E-state index is 0.0391. The summed E-state index contributed by atoms with van der Waals surface area (Å²) in [6.45, 7) is 1.76. The Balaban J connectivity index is 2.87.